The van der Waals surface area contributed by atoms with Gasteiger partial charge in [0.1, 0.15) is 16.5 Å². The zero-order valence-electron chi connectivity index (χ0n) is 13.3. The fourth-order valence-electron chi connectivity index (χ4n) is 2.97. The number of piperidine rings is 1. The summed E-state index contributed by atoms with van der Waals surface area (Å²) in [5.41, 5.74) is 1.96. The molecule has 1 aromatic heterocycles. The molecule has 1 unspecified atom stereocenters. The molecule has 0 aliphatic carbocycles. The van der Waals surface area contributed by atoms with E-state index in [-0.39, 0.29) is 16.6 Å². The van der Waals surface area contributed by atoms with Crippen LogP contribution in [-0.4, -0.2) is 40.9 Å². The number of benzene rings is 1. The van der Waals surface area contributed by atoms with Gasteiger partial charge in [-0.3, -0.25) is 0 Å². The summed E-state index contributed by atoms with van der Waals surface area (Å²) in [5, 5.41) is 9.88. The van der Waals surface area contributed by atoms with E-state index in [2.05, 4.69) is 9.97 Å². The maximum Gasteiger partial charge on any atom is 0.246 e. The summed E-state index contributed by atoms with van der Waals surface area (Å²) in [6.07, 6.45) is 1.68. The van der Waals surface area contributed by atoms with E-state index in [0.717, 1.165) is 30.1 Å². The number of para-hydroxylation sites is 1. The predicted octanol–water partition coefficient (Wildman–Crippen LogP) is 2.30. The van der Waals surface area contributed by atoms with Crippen molar-refractivity contribution in [1.82, 2.24) is 14.3 Å². The largest absolute Gasteiger partial charge is 0.507 e. The minimum atomic E-state index is -3.70. The molecule has 2 aromatic rings. The van der Waals surface area contributed by atoms with Crippen LogP contribution in [0, 0.1) is 13.8 Å². The minimum absolute atomic E-state index is 0.0348. The Kier molecular flexibility index (Phi) is 4.16. The van der Waals surface area contributed by atoms with E-state index in [1.54, 1.807) is 12.1 Å². The SMILES string of the molecule is Cc1nc(C2CCCN(S(=O)(=O)c3ccccc3O)C2)[nH]c1C. The number of hydrogen-bond donors (Lipinski definition) is 2. The van der Waals surface area contributed by atoms with E-state index >= 15 is 0 Å². The summed E-state index contributed by atoms with van der Waals surface area (Å²) < 4.78 is 27.0. The Labute approximate surface area is 136 Å². The number of sulfonamides is 1. The maximum absolute atomic E-state index is 12.8. The molecule has 0 saturated carbocycles. The van der Waals surface area contributed by atoms with Crippen LogP contribution in [0.4, 0.5) is 0 Å². The Hall–Kier alpha value is -1.86. The van der Waals surface area contributed by atoms with E-state index in [1.165, 1.54) is 16.4 Å². The van der Waals surface area contributed by atoms with Crippen molar-refractivity contribution in [2.24, 2.45) is 0 Å². The second-order valence-electron chi connectivity index (χ2n) is 6.00. The summed E-state index contributed by atoms with van der Waals surface area (Å²) in [6, 6.07) is 6.07. The summed E-state index contributed by atoms with van der Waals surface area (Å²) in [6.45, 7) is 4.74. The lowest BCUT2D eigenvalue weighted by molar-refractivity contribution is 0.308. The normalized spacial score (nSPS) is 19.8. The summed E-state index contributed by atoms with van der Waals surface area (Å²) in [4.78, 5) is 7.73. The van der Waals surface area contributed by atoms with Crippen LogP contribution in [0.2, 0.25) is 0 Å². The lowest BCUT2D eigenvalue weighted by Gasteiger charge is -2.31. The van der Waals surface area contributed by atoms with Crippen molar-refractivity contribution >= 4 is 10.0 Å². The molecule has 1 fully saturated rings. The zero-order chi connectivity index (χ0) is 16.6. The zero-order valence-corrected chi connectivity index (χ0v) is 14.1. The monoisotopic (exact) mass is 335 g/mol. The molecular formula is C16H21N3O3S. The molecule has 2 heterocycles. The van der Waals surface area contributed by atoms with Crippen molar-refractivity contribution in [2.45, 2.75) is 37.5 Å². The third-order valence-electron chi connectivity index (χ3n) is 4.40. The van der Waals surface area contributed by atoms with Gasteiger partial charge >= 0.3 is 0 Å². The standard InChI is InChI=1S/C16H21N3O3S/c1-11-12(2)18-16(17-11)13-6-5-9-19(10-13)23(21,22)15-8-4-3-7-14(15)20/h3-4,7-8,13,20H,5-6,9-10H2,1-2H3,(H,17,18). The second-order valence-corrected chi connectivity index (χ2v) is 7.91. The van der Waals surface area contributed by atoms with Gasteiger partial charge in [0.05, 0.1) is 5.69 Å². The number of aromatic amines is 1. The molecule has 0 radical (unpaired) electrons. The van der Waals surface area contributed by atoms with Crippen LogP contribution < -0.4 is 0 Å². The van der Waals surface area contributed by atoms with Gasteiger partial charge in [0.15, 0.2) is 0 Å². The number of nitrogens with one attached hydrogen (secondary N) is 1. The topological polar surface area (TPSA) is 86.3 Å². The maximum atomic E-state index is 12.8. The third kappa shape index (κ3) is 2.98. The van der Waals surface area contributed by atoms with Crippen LogP contribution in [0.3, 0.4) is 0 Å². The van der Waals surface area contributed by atoms with Crippen molar-refractivity contribution in [3.8, 4) is 5.75 Å². The van der Waals surface area contributed by atoms with Gasteiger partial charge in [0.2, 0.25) is 10.0 Å². The Morgan fingerprint density at radius 3 is 2.70 bits per heavy atom. The number of aromatic hydroxyl groups is 1. The van der Waals surface area contributed by atoms with Crippen LogP contribution in [-0.2, 0) is 10.0 Å². The van der Waals surface area contributed by atoms with Crippen molar-refractivity contribution in [1.29, 1.82) is 0 Å². The summed E-state index contributed by atoms with van der Waals surface area (Å²) >= 11 is 0. The van der Waals surface area contributed by atoms with E-state index < -0.39 is 10.0 Å². The lowest BCUT2D eigenvalue weighted by Crippen LogP contribution is -2.39. The van der Waals surface area contributed by atoms with Crippen LogP contribution in [0.15, 0.2) is 29.2 Å². The summed E-state index contributed by atoms with van der Waals surface area (Å²) in [7, 11) is -3.70. The van der Waals surface area contributed by atoms with E-state index in [9.17, 15) is 13.5 Å². The molecule has 1 aliphatic heterocycles. The van der Waals surface area contributed by atoms with Crippen molar-refractivity contribution in [2.75, 3.05) is 13.1 Å². The average Bonchev–Trinajstić information content (AvgIpc) is 2.87. The molecule has 0 bridgehead atoms. The summed E-state index contributed by atoms with van der Waals surface area (Å²) in [5.74, 6) is 0.688. The van der Waals surface area contributed by atoms with Gasteiger partial charge in [-0.05, 0) is 38.8 Å². The first-order valence-corrected chi connectivity index (χ1v) is 9.15. The van der Waals surface area contributed by atoms with Gasteiger partial charge in [-0.2, -0.15) is 4.31 Å². The first-order chi connectivity index (χ1) is 10.9. The number of H-pyrrole nitrogens is 1. The molecule has 2 N–H and O–H groups in total. The number of aromatic nitrogens is 2. The molecule has 0 amide bonds. The quantitative estimate of drug-likeness (QED) is 0.901. The van der Waals surface area contributed by atoms with E-state index in [4.69, 9.17) is 0 Å². The Morgan fingerprint density at radius 2 is 2.04 bits per heavy atom. The van der Waals surface area contributed by atoms with Crippen LogP contribution in [0.5, 0.6) is 5.75 Å². The third-order valence-corrected chi connectivity index (χ3v) is 6.31. The fourth-order valence-corrected chi connectivity index (χ4v) is 4.57. The van der Waals surface area contributed by atoms with Crippen molar-refractivity contribution in [3.05, 3.63) is 41.5 Å². The molecule has 23 heavy (non-hydrogen) atoms. The molecule has 0 spiro atoms. The highest BCUT2D eigenvalue weighted by Crippen LogP contribution is 2.32. The molecule has 124 valence electrons. The van der Waals surface area contributed by atoms with Crippen molar-refractivity contribution in [3.63, 3.8) is 0 Å². The fraction of sp³-hybridized carbons (Fsp3) is 0.438. The van der Waals surface area contributed by atoms with Gasteiger partial charge in [-0.1, -0.05) is 12.1 Å². The number of rotatable bonds is 3. The van der Waals surface area contributed by atoms with E-state index in [1.807, 2.05) is 13.8 Å². The minimum Gasteiger partial charge on any atom is -0.507 e. The Morgan fingerprint density at radius 1 is 1.30 bits per heavy atom. The van der Waals surface area contributed by atoms with Gasteiger partial charge in [0, 0.05) is 24.7 Å². The number of imidazole rings is 1. The number of nitrogens with zero attached hydrogens (tertiary/aromatic N) is 2. The highest BCUT2D eigenvalue weighted by atomic mass is 32.2. The number of aryl methyl sites for hydroxylation is 2. The number of hydrogen-bond acceptors (Lipinski definition) is 4. The van der Waals surface area contributed by atoms with Crippen LogP contribution >= 0.6 is 0 Å². The first kappa shape index (κ1) is 16.0. The van der Waals surface area contributed by atoms with Crippen LogP contribution in [0.1, 0.15) is 36.0 Å². The van der Waals surface area contributed by atoms with E-state index in [0.29, 0.717) is 13.1 Å². The molecule has 1 aliphatic rings. The van der Waals surface area contributed by atoms with Crippen LogP contribution in [0.25, 0.3) is 0 Å². The molecule has 1 aromatic carbocycles. The van der Waals surface area contributed by atoms with Gasteiger partial charge < -0.3 is 10.1 Å². The molecule has 3 rings (SSSR count). The predicted molar refractivity (Wildman–Crippen MR) is 86.9 cm³/mol. The average molecular weight is 335 g/mol. The number of phenols is 1. The van der Waals surface area contributed by atoms with Gasteiger partial charge in [0.25, 0.3) is 0 Å². The molecule has 7 heteroatoms. The Bertz CT molecular complexity index is 794. The highest BCUT2D eigenvalue weighted by Gasteiger charge is 2.33. The van der Waals surface area contributed by atoms with Crippen molar-refractivity contribution < 1.29 is 13.5 Å². The second kappa shape index (κ2) is 5.98. The Balaban J connectivity index is 1.87. The molecule has 1 saturated heterocycles. The van der Waals surface area contributed by atoms with Gasteiger partial charge in [-0.25, -0.2) is 13.4 Å². The van der Waals surface area contributed by atoms with Gasteiger partial charge in [-0.15, -0.1) is 0 Å². The molecular weight excluding hydrogens is 314 g/mol. The first-order valence-electron chi connectivity index (χ1n) is 7.71. The number of phenolic OH excluding ortho intramolecular Hbond substituents is 1. The lowest BCUT2D eigenvalue weighted by atomic mass is 9.99. The smallest absolute Gasteiger partial charge is 0.246 e. The molecule has 6 nitrogen and oxygen atoms in total. The highest BCUT2D eigenvalue weighted by molar-refractivity contribution is 7.89. The molecule has 1 atom stereocenters.